The SMILES string of the molecule is Cn1ncc(Cl)c1C(=O)NC1CCN(CC2(c3ccccc3)CCCCC2)CC1. The van der Waals surface area contributed by atoms with Gasteiger partial charge in [0, 0.05) is 38.1 Å². The number of nitrogens with one attached hydrogen (secondary N) is 1. The highest BCUT2D eigenvalue weighted by Gasteiger charge is 2.36. The highest BCUT2D eigenvalue weighted by Crippen LogP contribution is 2.40. The summed E-state index contributed by atoms with van der Waals surface area (Å²) in [5, 5.41) is 7.62. The van der Waals surface area contributed by atoms with Crippen LogP contribution in [0.3, 0.4) is 0 Å². The molecular formula is C23H31ClN4O. The van der Waals surface area contributed by atoms with E-state index in [9.17, 15) is 4.79 Å². The molecule has 2 aromatic rings. The molecule has 2 fully saturated rings. The molecule has 1 saturated heterocycles. The molecule has 1 saturated carbocycles. The van der Waals surface area contributed by atoms with Crippen LogP contribution >= 0.6 is 11.6 Å². The van der Waals surface area contributed by atoms with Crippen LogP contribution in [-0.4, -0.2) is 46.3 Å². The molecule has 5 nitrogen and oxygen atoms in total. The summed E-state index contributed by atoms with van der Waals surface area (Å²) in [4.78, 5) is 15.2. The predicted octanol–water partition coefficient (Wildman–Crippen LogP) is 4.17. The zero-order valence-corrected chi connectivity index (χ0v) is 18.0. The van der Waals surface area contributed by atoms with Crippen molar-refractivity contribution in [3.63, 3.8) is 0 Å². The molecule has 6 heteroatoms. The first-order chi connectivity index (χ1) is 14.1. The molecule has 1 amide bonds. The van der Waals surface area contributed by atoms with Gasteiger partial charge in [-0.3, -0.25) is 9.48 Å². The van der Waals surface area contributed by atoms with E-state index in [0.29, 0.717) is 10.7 Å². The second kappa shape index (κ2) is 8.88. The lowest BCUT2D eigenvalue weighted by Gasteiger charge is -2.43. The Morgan fingerprint density at radius 2 is 1.86 bits per heavy atom. The summed E-state index contributed by atoms with van der Waals surface area (Å²) < 4.78 is 1.54. The van der Waals surface area contributed by atoms with E-state index in [1.54, 1.807) is 11.7 Å². The van der Waals surface area contributed by atoms with Gasteiger partial charge < -0.3 is 10.2 Å². The Hall–Kier alpha value is -1.85. The number of hydrogen-bond acceptors (Lipinski definition) is 3. The number of hydrogen-bond donors (Lipinski definition) is 1. The van der Waals surface area contributed by atoms with Gasteiger partial charge in [-0.25, -0.2) is 0 Å². The molecule has 29 heavy (non-hydrogen) atoms. The van der Waals surface area contributed by atoms with Crippen molar-refractivity contribution in [3.8, 4) is 0 Å². The highest BCUT2D eigenvalue weighted by atomic mass is 35.5. The smallest absolute Gasteiger partial charge is 0.271 e. The maximum atomic E-state index is 12.6. The normalized spacial score (nSPS) is 20.5. The molecule has 0 atom stereocenters. The van der Waals surface area contributed by atoms with Crippen LogP contribution in [0.15, 0.2) is 36.5 Å². The average molecular weight is 415 g/mol. The molecule has 156 valence electrons. The lowest BCUT2D eigenvalue weighted by molar-refractivity contribution is 0.0882. The summed E-state index contributed by atoms with van der Waals surface area (Å²) in [5.74, 6) is -0.124. The third-order valence-corrected chi connectivity index (χ3v) is 7.03. The minimum absolute atomic E-state index is 0.124. The number of nitrogens with zero attached hydrogens (tertiary/aromatic N) is 3. The molecule has 0 radical (unpaired) electrons. The first-order valence-electron chi connectivity index (χ1n) is 10.8. The maximum absolute atomic E-state index is 12.6. The first-order valence-corrected chi connectivity index (χ1v) is 11.2. The van der Waals surface area contributed by atoms with Crippen molar-refractivity contribution < 1.29 is 4.79 Å². The van der Waals surface area contributed by atoms with Gasteiger partial charge in [0.05, 0.1) is 11.2 Å². The quantitative estimate of drug-likeness (QED) is 0.798. The minimum atomic E-state index is -0.124. The van der Waals surface area contributed by atoms with E-state index in [-0.39, 0.29) is 17.4 Å². The number of piperidine rings is 1. The second-order valence-electron chi connectivity index (χ2n) is 8.70. The number of carbonyl (C=O) groups excluding carboxylic acids is 1. The third kappa shape index (κ3) is 4.51. The number of aryl methyl sites for hydroxylation is 1. The Kier molecular flexibility index (Phi) is 6.26. The summed E-state index contributed by atoms with van der Waals surface area (Å²) in [5.41, 5.74) is 2.23. The van der Waals surface area contributed by atoms with E-state index < -0.39 is 0 Å². The number of amides is 1. The van der Waals surface area contributed by atoms with Crippen LogP contribution in [0.5, 0.6) is 0 Å². The minimum Gasteiger partial charge on any atom is -0.348 e. The van der Waals surface area contributed by atoms with Gasteiger partial charge in [0.1, 0.15) is 5.69 Å². The predicted molar refractivity (Wildman–Crippen MR) is 116 cm³/mol. The molecule has 0 unspecified atom stereocenters. The summed E-state index contributed by atoms with van der Waals surface area (Å²) in [7, 11) is 1.75. The maximum Gasteiger partial charge on any atom is 0.271 e. The Morgan fingerprint density at radius 3 is 2.48 bits per heavy atom. The van der Waals surface area contributed by atoms with Crippen molar-refractivity contribution in [1.82, 2.24) is 20.0 Å². The molecule has 1 aromatic heterocycles. The van der Waals surface area contributed by atoms with Gasteiger partial charge in [-0.2, -0.15) is 5.10 Å². The molecular weight excluding hydrogens is 384 g/mol. The molecule has 1 aliphatic heterocycles. The molecule has 1 N–H and O–H groups in total. The molecule has 0 bridgehead atoms. The van der Waals surface area contributed by atoms with Gasteiger partial charge in [-0.15, -0.1) is 0 Å². The van der Waals surface area contributed by atoms with Crippen LogP contribution in [0.25, 0.3) is 0 Å². The first kappa shape index (κ1) is 20.4. The number of aromatic nitrogens is 2. The molecule has 2 heterocycles. The summed E-state index contributed by atoms with van der Waals surface area (Å²) in [6.07, 6.45) is 10.1. The molecule has 1 aromatic carbocycles. The van der Waals surface area contributed by atoms with Gasteiger partial charge in [-0.05, 0) is 31.2 Å². The van der Waals surface area contributed by atoms with Gasteiger partial charge >= 0.3 is 0 Å². The average Bonchev–Trinajstić information content (AvgIpc) is 3.09. The van der Waals surface area contributed by atoms with Crippen LogP contribution in [0.4, 0.5) is 0 Å². The Balaban J connectivity index is 1.36. The molecule has 2 aliphatic rings. The summed E-state index contributed by atoms with van der Waals surface area (Å²) in [6.45, 7) is 3.18. The van der Waals surface area contributed by atoms with Crippen molar-refractivity contribution in [3.05, 3.63) is 52.8 Å². The van der Waals surface area contributed by atoms with E-state index in [0.717, 1.165) is 32.5 Å². The van der Waals surface area contributed by atoms with Crippen molar-refractivity contribution >= 4 is 17.5 Å². The number of halogens is 1. The number of carbonyl (C=O) groups is 1. The van der Waals surface area contributed by atoms with Crippen molar-refractivity contribution in [2.75, 3.05) is 19.6 Å². The second-order valence-corrected chi connectivity index (χ2v) is 9.10. The van der Waals surface area contributed by atoms with Gasteiger partial charge in [0.15, 0.2) is 0 Å². The molecule has 1 aliphatic carbocycles. The van der Waals surface area contributed by atoms with E-state index in [1.165, 1.54) is 43.9 Å². The van der Waals surface area contributed by atoms with Crippen LogP contribution in [0.2, 0.25) is 5.02 Å². The fourth-order valence-corrected chi connectivity index (χ4v) is 5.39. The lowest BCUT2D eigenvalue weighted by atomic mass is 9.69. The molecule has 0 spiro atoms. The van der Waals surface area contributed by atoms with Crippen LogP contribution < -0.4 is 5.32 Å². The van der Waals surface area contributed by atoms with Crippen LogP contribution in [-0.2, 0) is 12.5 Å². The summed E-state index contributed by atoms with van der Waals surface area (Å²) >= 11 is 6.11. The number of benzene rings is 1. The Labute approximate surface area is 178 Å². The fourth-order valence-electron chi connectivity index (χ4n) is 5.14. The van der Waals surface area contributed by atoms with Crippen LogP contribution in [0.1, 0.15) is 61.0 Å². The van der Waals surface area contributed by atoms with E-state index in [1.807, 2.05) is 0 Å². The lowest BCUT2D eigenvalue weighted by Crippen LogP contribution is -2.49. The standard InChI is InChI=1S/C23H31ClN4O/c1-27-21(20(24)16-25-27)22(29)26-19-10-14-28(15-11-19)17-23(12-6-3-7-13-23)18-8-4-2-5-9-18/h2,4-5,8-9,16,19H,3,6-7,10-15,17H2,1H3,(H,26,29). The largest absolute Gasteiger partial charge is 0.348 e. The zero-order valence-electron chi connectivity index (χ0n) is 17.2. The number of likely N-dealkylation sites (tertiary alicyclic amines) is 1. The third-order valence-electron chi connectivity index (χ3n) is 6.76. The molecule has 4 rings (SSSR count). The van der Waals surface area contributed by atoms with Crippen LogP contribution in [0, 0.1) is 0 Å². The van der Waals surface area contributed by atoms with E-state index >= 15 is 0 Å². The summed E-state index contributed by atoms with van der Waals surface area (Å²) in [6, 6.07) is 11.3. The van der Waals surface area contributed by atoms with Gasteiger partial charge in [0.25, 0.3) is 5.91 Å². The number of rotatable bonds is 5. The zero-order chi connectivity index (χ0) is 20.3. The fraction of sp³-hybridized carbons (Fsp3) is 0.565. The van der Waals surface area contributed by atoms with E-state index in [4.69, 9.17) is 11.6 Å². The van der Waals surface area contributed by atoms with Crippen molar-refractivity contribution in [2.45, 2.75) is 56.4 Å². The Bertz CT molecular complexity index is 801. The topological polar surface area (TPSA) is 50.2 Å². The van der Waals surface area contributed by atoms with Gasteiger partial charge in [0.2, 0.25) is 0 Å². The highest BCUT2D eigenvalue weighted by molar-refractivity contribution is 6.33. The monoisotopic (exact) mass is 414 g/mol. The Morgan fingerprint density at radius 1 is 1.17 bits per heavy atom. The van der Waals surface area contributed by atoms with E-state index in [2.05, 4.69) is 45.6 Å². The van der Waals surface area contributed by atoms with Crippen molar-refractivity contribution in [2.24, 2.45) is 7.05 Å². The van der Waals surface area contributed by atoms with Gasteiger partial charge in [-0.1, -0.05) is 61.2 Å². The van der Waals surface area contributed by atoms with Crippen molar-refractivity contribution in [1.29, 1.82) is 0 Å².